The molecule has 2 rings (SSSR count). The van der Waals surface area contributed by atoms with Gasteiger partial charge < -0.3 is 9.84 Å². The summed E-state index contributed by atoms with van der Waals surface area (Å²) in [6, 6.07) is 8.38. The van der Waals surface area contributed by atoms with Crippen LogP contribution in [0.1, 0.15) is 36.8 Å². The average molecular weight is 277 g/mol. The largest absolute Gasteiger partial charge is 0.468 e. The monoisotopic (exact) mass is 277 g/mol. The van der Waals surface area contributed by atoms with Gasteiger partial charge in [0.15, 0.2) is 0 Å². The van der Waals surface area contributed by atoms with Crippen LogP contribution in [0.3, 0.4) is 0 Å². The Labute approximate surface area is 120 Å². The van der Waals surface area contributed by atoms with Crippen molar-refractivity contribution in [1.82, 2.24) is 4.90 Å². The van der Waals surface area contributed by atoms with E-state index in [0.717, 1.165) is 30.5 Å². The predicted octanol–water partition coefficient (Wildman–Crippen LogP) is 2.10. The highest BCUT2D eigenvalue weighted by atomic mass is 16.5. The van der Waals surface area contributed by atoms with Crippen LogP contribution in [0.25, 0.3) is 0 Å². The quantitative estimate of drug-likeness (QED) is 0.809. The molecule has 1 N–H and O–H groups in total. The first-order valence-corrected chi connectivity index (χ1v) is 7.22. The second-order valence-electron chi connectivity index (χ2n) is 5.39. The van der Waals surface area contributed by atoms with Gasteiger partial charge in [-0.25, -0.2) is 0 Å². The number of methoxy groups -OCH3 is 1. The lowest BCUT2D eigenvalue weighted by molar-refractivity contribution is -0.142. The maximum absolute atomic E-state index is 11.6. The molecule has 20 heavy (non-hydrogen) atoms. The lowest BCUT2D eigenvalue weighted by Crippen LogP contribution is -2.37. The maximum atomic E-state index is 11.6. The fourth-order valence-corrected chi connectivity index (χ4v) is 2.80. The van der Waals surface area contributed by atoms with Gasteiger partial charge in [0.1, 0.15) is 0 Å². The van der Waals surface area contributed by atoms with Gasteiger partial charge in [-0.1, -0.05) is 37.1 Å². The number of benzene rings is 1. The van der Waals surface area contributed by atoms with Crippen molar-refractivity contribution < 1.29 is 14.6 Å². The first-order chi connectivity index (χ1) is 9.72. The van der Waals surface area contributed by atoms with E-state index >= 15 is 0 Å². The van der Waals surface area contributed by atoms with Crippen LogP contribution in [0.15, 0.2) is 24.3 Å². The normalized spacial score (nSPS) is 15.8. The molecule has 0 bridgehead atoms. The Bertz CT molecular complexity index is 424. The first-order valence-electron chi connectivity index (χ1n) is 7.22. The van der Waals surface area contributed by atoms with E-state index in [1.165, 1.54) is 20.0 Å². The van der Waals surface area contributed by atoms with Crippen LogP contribution in [0.4, 0.5) is 0 Å². The fourth-order valence-electron chi connectivity index (χ4n) is 2.80. The van der Waals surface area contributed by atoms with Crippen LogP contribution in [-0.2, 0) is 22.7 Å². The summed E-state index contributed by atoms with van der Waals surface area (Å²) in [5.74, 6) is -0.177. The second kappa shape index (κ2) is 7.41. The van der Waals surface area contributed by atoms with Crippen molar-refractivity contribution in [1.29, 1.82) is 0 Å². The minimum absolute atomic E-state index is 0.0643. The first kappa shape index (κ1) is 15.0. The van der Waals surface area contributed by atoms with Gasteiger partial charge in [0, 0.05) is 12.6 Å². The van der Waals surface area contributed by atoms with Gasteiger partial charge in [0.25, 0.3) is 0 Å². The third kappa shape index (κ3) is 4.05. The average Bonchev–Trinajstić information content (AvgIpc) is 3.01. The molecule has 0 aromatic heterocycles. The lowest BCUT2D eigenvalue weighted by atomic mass is 10.1. The number of ether oxygens (including phenoxy) is 1. The maximum Gasteiger partial charge on any atom is 0.319 e. The van der Waals surface area contributed by atoms with Gasteiger partial charge >= 0.3 is 5.97 Å². The Kier molecular flexibility index (Phi) is 5.56. The zero-order valence-corrected chi connectivity index (χ0v) is 12.0. The van der Waals surface area contributed by atoms with E-state index in [0.29, 0.717) is 12.6 Å². The number of aliphatic hydroxyl groups is 1. The van der Waals surface area contributed by atoms with Crippen molar-refractivity contribution in [2.75, 3.05) is 13.7 Å². The number of carbonyl (C=O) groups excluding carboxylic acids is 1. The summed E-state index contributed by atoms with van der Waals surface area (Å²) < 4.78 is 4.80. The molecule has 1 aromatic carbocycles. The van der Waals surface area contributed by atoms with Crippen LogP contribution < -0.4 is 0 Å². The summed E-state index contributed by atoms with van der Waals surface area (Å²) in [6.07, 6.45) is 4.80. The summed E-state index contributed by atoms with van der Waals surface area (Å²) in [5, 5.41) is 9.06. The molecule has 110 valence electrons. The van der Waals surface area contributed by atoms with Crippen LogP contribution in [0, 0.1) is 0 Å². The highest BCUT2D eigenvalue weighted by Gasteiger charge is 2.24. The Balaban J connectivity index is 2.03. The third-order valence-corrected chi connectivity index (χ3v) is 3.99. The van der Waals surface area contributed by atoms with Gasteiger partial charge in [-0.15, -0.1) is 0 Å². The van der Waals surface area contributed by atoms with Crippen molar-refractivity contribution in [3.63, 3.8) is 0 Å². The topological polar surface area (TPSA) is 49.8 Å². The molecule has 1 saturated carbocycles. The van der Waals surface area contributed by atoms with Crippen molar-refractivity contribution in [3.05, 3.63) is 35.4 Å². The van der Waals surface area contributed by atoms with Crippen molar-refractivity contribution in [2.45, 2.75) is 44.9 Å². The van der Waals surface area contributed by atoms with E-state index in [2.05, 4.69) is 4.90 Å². The minimum atomic E-state index is -0.177. The molecular formula is C16H23NO3. The second-order valence-corrected chi connectivity index (χ2v) is 5.39. The molecular weight excluding hydrogens is 254 g/mol. The smallest absolute Gasteiger partial charge is 0.319 e. The SMILES string of the molecule is COC(=O)CN(Cc1ccc(CO)cc1)C1CCCC1. The number of esters is 1. The molecule has 4 nitrogen and oxygen atoms in total. The summed E-state index contributed by atoms with van der Waals surface area (Å²) in [7, 11) is 1.44. The van der Waals surface area contributed by atoms with Crippen LogP contribution in [0.5, 0.6) is 0 Å². The van der Waals surface area contributed by atoms with Crippen LogP contribution in [-0.4, -0.2) is 35.7 Å². The molecule has 0 saturated heterocycles. The molecule has 1 aromatic rings. The van der Waals surface area contributed by atoms with E-state index in [9.17, 15) is 4.79 Å². The minimum Gasteiger partial charge on any atom is -0.468 e. The Morgan fingerprint density at radius 1 is 1.25 bits per heavy atom. The zero-order chi connectivity index (χ0) is 14.4. The molecule has 0 heterocycles. The summed E-state index contributed by atoms with van der Waals surface area (Å²) >= 11 is 0. The van der Waals surface area contributed by atoms with Gasteiger partial charge in [-0.3, -0.25) is 9.69 Å². The summed E-state index contributed by atoms with van der Waals surface area (Å²) in [5.41, 5.74) is 2.08. The molecule has 1 fully saturated rings. The van der Waals surface area contributed by atoms with Gasteiger partial charge in [0.2, 0.25) is 0 Å². The number of hydrogen-bond acceptors (Lipinski definition) is 4. The van der Waals surface area contributed by atoms with Crippen molar-refractivity contribution >= 4 is 5.97 Å². The highest BCUT2D eigenvalue weighted by molar-refractivity contribution is 5.71. The number of carbonyl (C=O) groups is 1. The molecule has 4 heteroatoms. The molecule has 0 spiro atoms. The number of rotatable bonds is 6. The van der Waals surface area contributed by atoms with E-state index in [4.69, 9.17) is 9.84 Å². The summed E-state index contributed by atoms with van der Waals surface area (Å²) in [4.78, 5) is 13.8. The molecule has 0 radical (unpaired) electrons. The standard InChI is InChI=1S/C16H23NO3/c1-20-16(19)11-17(15-4-2-3-5-15)10-13-6-8-14(12-18)9-7-13/h6-9,15,18H,2-5,10-12H2,1H3. The Morgan fingerprint density at radius 3 is 2.40 bits per heavy atom. The molecule has 0 aliphatic heterocycles. The summed E-state index contributed by atoms with van der Waals surface area (Å²) in [6.45, 7) is 1.17. The number of hydrogen-bond donors (Lipinski definition) is 1. The molecule has 1 aliphatic rings. The predicted molar refractivity (Wildman–Crippen MR) is 77.0 cm³/mol. The Morgan fingerprint density at radius 2 is 1.85 bits per heavy atom. The Hall–Kier alpha value is -1.39. The molecule has 0 amide bonds. The van der Waals surface area contributed by atoms with E-state index in [-0.39, 0.29) is 12.6 Å². The van der Waals surface area contributed by atoms with E-state index < -0.39 is 0 Å². The zero-order valence-electron chi connectivity index (χ0n) is 12.0. The number of nitrogens with zero attached hydrogens (tertiary/aromatic N) is 1. The number of aliphatic hydroxyl groups excluding tert-OH is 1. The molecule has 1 aliphatic carbocycles. The molecule has 0 atom stereocenters. The van der Waals surface area contributed by atoms with E-state index in [1.54, 1.807) is 0 Å². The third-order valence-electron chi connectivity index (χ3n) is 3.99. The van der Waals surface area contributed by atoms with Gasteiger partial charge in [-0.2, -0.15) is 0 Å². The fraction of sp³-hybridized carbons (Fsp3) is 0.562. The van der Waals surface area contributed by atoms with Gasteiger partial charge in [0.05, 0.1) is 20.3 Å². The highest BCUT2D eigenvalue weighted by Crippen LogP contribution is 2.25. The van der Waals surface area contributed by atoms with Gasteiger partial charge in [-0.05, 0) is 24.0 Å². The van der Waals surface area contributed by atoms with Crippen molar-refractivity contribution in [2.24, 2.45) is 0 Å². The van der Waals surface area contributed by atoms with Crippen LogP contribution in [0.2, 0.25) is 0 Å². The van der Waals surface area contributed by atoms with E-state index in [1.807, 2.05) is 24.3 Å². The van der Waals surface area contributed by atoms with Crippen molar-refractivity contribution in [3.8, 4) is 0 Å². The molecule has 0 unspecified atom stereocenters. The lowest BCUT2D eigenvalue weighted by Gasteiger charge is -2.27. The van der Waals surface area contributed by atoms with Crippen LogP contribution >= 0.6 is 0 Å².